The first kappa shape index (κ1) is 18.6. The van der Waals surface area contributed by atoms with E-state index in [0.717, 1.165) is 6.42 Å². The Morgan fingerprint density at radius 2 is 1.67 bits per heavy atom. The molecule has 0 spiro atoms. The summed E-state index contributed by atoms with van der Waals surface area (Å²) >= 11 is 11.7. The van der Waals surface area contributed by atoms with Crippen molar-refractivity contribution >= 4 is 44.9 Å². The number of halogens is 2. The number of hydrogen-bond donors (Lipinski definition) is 1. The van der Waals surface area contributed by atoms with Gasteiger partial charge in [0.05, 0.1) is 17.1 Å². The lowest BCUT2D eigenvalue weighted by Gasteiger charge is -2.09. The summed E-state index contributed by atoms with van der Waals surface area (Å²) in [6, 6.07) is 9.97. The largest absolute Gasteiger partial charge is 0.462 e. The average Bonchev–Trinajstić information content (AvgIpc) is 2.52. The lowest BCUT2D eigenvalue weighted by Crippen LogP contribution is -2.13. The lowest BCUT2D eigenvalue weighted by atomic mass is 10.2. The fraction of sp³-hybridized carbons (Fsp3) is 0.188. The molecular weight excluding hydrogens is 373 g/mol. The number of carbonyl (C=O) groups is 1. The number of rotatable bonds is 6. The number of carbonyl (C=O) groups excluding carboxylic acids is 1. The van der Waals surface area contributed by atoms with Gasteiger partial charge in [-0.05, 0) is 48.9 Å². The Morgan fingerprint density at radius 1 is 1.08 bits per heavy atom. The third-order valence-electron chi connectivity index (χ3n) is 2.96. The minimum atomic E-state index is -3.84. The summed E-state index contributed by atoms with van der Waals surface area (Å²) in [7, 11) is -3.84. The summed E-state index contributed by atoms with van der Waals surface area (Å²) in [4.78, 5) is 11.7. The summed E-state index contributed by atoms with van der Waals surface area (Å²) < 4.78 is 32.1. The molecule has 0 aromatic heterocycles. The maximum Gasteiger partial charge on any atom is 0.338 e. The highest BCUT2D eigenvalue weighted by atomic mass is 35.5. The first-order chi connectivity index (χ1) is 11.3. The molecule has 2 rings (SSSR count). The molecule has 0 saturated heterocycles. The van der Waals surface area contributed by atoms with E-state index in [0.29, 0.717) is 17.9 Å². The van der Waals surface area contributed by atoms with E-state index in [1.165, 1.54) is 42.5 Å². The van der Waals surface area contributed by atoms with E-state index < -0.39 is 16.0 Å². The standard InChI is InChI=1S/C16H15Cl2NO4S/c1-2-7-23-16(20)11-3-5-14(6-4-11)19-24(21,22)15-9-12(17)8-13(18)10-15/h3-6,8-10,19H,2,7H2,1H3. The molecule has 0 radical (unpaired) electrons. The van der Waals surface area contributed by atoms with E-state index in [4.69, 9.17) is 27.9 Å². The Hall–Kier alpha value is -1.76. The topological polar surface area (TPSA) is 72.5 Å². The normalized spacial score (nSPS) is 11.1. The number of sulfonamides is 1. The predicted molar refractivity (Wildman–Crippen MR) is 94.3 cm³/mol. The monoisotopic (exact) mass is 387 g/mol. The van der Waals surface area contributed by atoms with Crippen LogP contribution in [0.5, 0.6) is 0 Å². The minimum absolute atomic E-state index is 0.0496. The van der Waals surface area contributed by atoms with Crippen molar-refractivity contribution in [3.05, 3.63) is 58.1 Å². The smallest absolute Gasteiger partial charge is 0.338 e. The van der Waals surface area contributed by atoms with Crippen LogP contribution in [0.2, 0.25) is 10.0 Å². The predicted octanol–water partition coefficient (Wildman–Crippen LogP) is 4.36. The Labute approximate surface area is 150 Å². The molecule has 5 nitrogen and oxygen atoms in total. The highest BCUT2D eigenvalue weighted by Crippen LogP contribution is 2.24. The van der Waals surface area contributed by atoms with Crippen LogP contribution in [0.25, 0.3) is 0 Å². The molecule has 2 aromatic rings. The first-order valence-electron chi connectivity index (χ1n) is 7.08. The van der Waals surface area contributed by atoms with Crippen molar-refractivity contribution in [3.63, 3.8) is 0 Å². The minimum Gasteiger partial charge on any atom is -0.462 e. The van der Waals surface area contributed by atoms with Crippen LogP contribution in [0, 0.1) is 0 Å². The third kappa shape index (κ3) is 4.87. The van der Waals surface area contributed by atoms with Gasteiger partial charge in [-0.2, -0.15) is 0 Å². The molecule has 0 aliphatic rings. The number of benzene rings is 2. The molecule has 1 N–H and O–H groups in total. The van der Waals surface area contributed by atoms with Crippen molar-refractivity contribution in [1.82, 2.24) is 0 Å². The van der Waals surface area contributed by atoms with Crippen LogP contribution >= 0.6 is 23.2 Å². The first-order valence-corrected chi connectivity index (χ1v) is 9.32. The molecule has 2 aromatic carbocycles. The van der Waals surface area contributed by atoms with Crippen molar-refractivity contribution in [3.8, 4) is 0 Å². The van der Waals surface area contributed by atoms with E-state index in [1.54, 1.807) is 0 Å². The maximum atomic E-state index is 12.3. The van der Waals surface area contributed by atoms with E-state index in [2.05, 4.69) is 4.72 Å². The zero-order valence-corrected chi connectivity index (χ0v) is 15.1. The molecule has 128 valence electrons. The van der Waals surface area contributed by atoms with Crippen LogP contribution < -0.4 is 4.72 Å². The van der Waals surface area contributed by atoms with Crippen LogP contribution in [-0.2, 0) is 14.8 Å². The van der Waals surface area contributed by atoms with Gasteiger partial charge in [-0.25, -0.2) is 13.2 Å². The molecule has 0 atom stereocenters. The highest BCUT2D eigenvalue weighted by molar-refractivity contribution is 7.92. The molecule has 0 fully saturated rings. The van der Waals surface area contributed by atoms with Gasteiger partial charge >= 0.3 is 5.97 Å². The molecule has 0 amide bonds. The molecule has 24 heavy (non-hydrogen) atoms. The number of ether oxygens (including phenoxy) is 1. The van der Waals surface area contributed by atoms with E-state index in [1.807, 2.05) is 6.92 Å². The van der Waals surface area contributed by atoms with E-state index in [-0.39, 0.29) is 14.9 Å². The van der Waals surface area contributed by atoms with Crippen molar-refractivity contribution < 1.29 is 17.9 Å². The molecule has 0 unspecified atom stereocenters. The van der Waals surface area contributed by atoms with Gasteiger partial charge in [-0.15, -0.1) is 0 Å². The maximum absolute atomic E-state index is 12.3. The zero-order chi connectivity index (χ0) is 17.7. The number of hydrogen-bond acceptors (Lipinski definition) is 4. The second kappa shape index (κ2) is 7.88. The third-order valence-corrected chi connectivity index (χ3v) is 4.75. The van der Waals surface area contributed by atoms with Gasteiger partial charge in [0, 0.05) is 15.7 Å². The number of anilines is 1. The van der Waals surface area contributed by atoms with Crippen molar-refractivity contribution in [2.45, 2.75) is 18.2 Å². The highest BCUT2D eigenvalue weighted by Gasteiger charge is 2.16. The van der Waals surface area contributed by atoms with Crippen LogP contribution in [0.1, 0.15) is 23.7 Å². The van der Waals surface area contributed by atoms with Gasteiger partial charge in [0.1, 0.15) is 0 Å². The molecule has 0 aliphatic carbocycles. The summed E-state index contributed by atoms with van der Waals surface area (Å²) in [5, 5.41) is 0.439. The Morgan fingerprint density at radius 3 is 2.21 bits per heavy atom. The van der Waals surface area contributed by atoms with Crippen molar-refractivity contribution in [2.24, 2.45) is 0 Å². The molecule has 0 saturated carbocycles. The van der Waals surface area contributed by atoms with Crippen molar-refractivity contribution in [1.29, 1.82) is 0 Å². The van der Waals surface area contributed by atoms with Gasteiger partial charge < -0.3 is 4.74 Å². The second-order valence-corrected chi connectivity index (χ2v) is 7.48. The van der Waals surface area contributed by atoms with Crippen molar-refractivity contribution in [2.75, 3.05) is 11.3 Å². The molecule has 0 aliphatic heterocycles. The zero-order valence-electron chi connectivity index (χ0n) is 12.8. The van der Waals surface area contributed by atoms with Crippen LogP contribution in [0.4, 0.5) is 5.69 Å². The number of esters is 1. The molecule has 0 bridgehead atoms. The Kier molecular flexibility index (Phi) is 6.10. The Bertz CT molecular complexity index is 815. The van der Waals surface area contributed by atoms with Gasteiger partial charge in [0.2, 0.25) is 0 Å². The summed E-state index contributed by atoms with van der Waals surface area (Å²) in [6.07, 6.45) is 0.728. The lowest BCUT2D eigenvalue weighted by molar-refractivity contribution is 0.0505. The van der Waals surface area contributed by atoms with Crippen LogP contribution in [-0.4, -0.2) is 21.0 Å². The van der Waals surface area contributed by atoms with Gasteiger partial charge in [0.25, 0.3) is 10.0 Å². The van der Waals surface area contributed by atoms with Gasteiger partial charge in [-0.3, -0.25) is 4.72 Å². The summed E-state index contributed by atoms with van der Waals surface area (Å²) in [5.41, 5.74) is 0.648. The quantitative estimate of drug-likeness (QED) is 0.747. The molecule has 0 heterocycles. The molecular formula is C16H15Cl2NO4S. The van der Waals surface area contributed by atoms with Gasteiger partial charge in [-0.1, -0.05) is 30.1 Å². The summed E-state index contributed by atoms with van der Waals surface area (Å²) in [5.74, 6) is -0.451. The SMILES string of the molecule is CCCOC(=O)c1ccc(NS(=O)(=O)c2cc(Cl)cc(Cl)c2)cc1. The van der Waals surface area contributed by atoms with E-state index in [9.17, 15) is 13.2 Å². The second-order valence-electron chi connectivity index (χ2n) is 4.92. The summed E-state index contributed by atoms with van der Waals surface area (Å²) in [6.45, 7) is 2.23. The fourth-order valence-corrected chi connectivity index (χ4v) is 3.63. The Balaban J connectivity index is 2.16. The van der Waals surface area contributed by atoms with Crippen LogP contribution in [0.3, 0.4) is 0 Å². The van der Waals surface area contributed by atoms with E-state index >= 15 is 0 Å². The fourth-order valence-electron chi connectivity index (χ4n) is 1.85. The van der Waals surface area contributed by atoms with Crippen LogP contribution in [0.15, 0.2) is 47.4 Å². The molecule has 8 heteroatoms. The van der Waals surface area contributed by atoms with Gasteiger partial charge in [0.15, 0.2) is 0 Å². The number of nitrogens with one attached hydrogen (secondary N) is 1. The average molecular weight is 388 g/mol.